The maximum Gasteiger partial charge on any atom is 0.186 e. The van der Waals surface area contributed by atoms with Gasteiger partial charge in [0.15, 0.2) is 11.1 Å². The first-order valence-electron chi connectivity index (χ1n) is 3.56. The topological polar surface area (TPSA) is 37.3 Å². The highest BCUT2D eigenvalue weighted by Gasteiger charge is 2.06. The zero-order chi connectivity index (χ0) is 9.84. The molecule has 0 aliphatic heterocycles. The molecule has 1 N–H and O–H groups in total. The molecule has 0 spiro atoms. The molecule has 0 aromatic heterocycles. The van der Waals surface area contributed by atoms with Gasteiger partial charge in [-0.05, 0) is 17.7 Å². The van der Waals surface area contributed by atoms with Gasteiger partial charge >= 0.3 is 0 Å². The van der Waals surface area contributed by atoms with Crippen molar-refractivity contribution in [3.63, 3.8) is 0 Å². The molecule has 2 nitrogen and oxygen atoms in total. The molecule has 72 valence electrons. The van der Waals surface area contributed by atoms with Crippen LogP contribution in [0, 0.1) is 0 Å². The second kappa shape index (κ2) is 5.24. The minimum atomic E-state index is -1.88. The average Bonchev–Trinajstić information content (AvgIpc) is 2.17. The lowest BCUT2D eigenvalue weighted by molar-refractivity contribution is 0.564. The Morgan fingerprint density at radius 1 is 1.38 bits per heavy atom. The summed E-state index contributed by atoms with van der Waals surface area (Å²) in [6, 6.07) is 6.99. The van der Waals surface area contributed by atoms with Crippen molar-refractivity contribution in [1.29, 1.82) is 0 Å². The monoisotopic (exact) mass is 326 g/mol. The van der Waals surface area contributed by atoms with E-state index in [0.717, 1.165) is 10.9 Å². The number of alkyl halides is 2. The first-order valence-corrected chi connectivity index (χ1v) is 6.70. The summed E-state index contributed by atoms with van der Waals surface area (Å²) in [5.74, 6) is 0. The molecule has 0 radical (unpaired) electrons. The van der Waals surface area contributed by atoms with E-state index in [4.69, 9.17) is 4.55 Å². The van der Waals surface area contributed by atoms with E-state index >= 15 is 0 Å². The van der Waals surface area contributed by atoms with Crippen LogP contribution in [0.15, 0.2) is 29.2 Å². The van der Waals surface area contributed by atoms with E-state index in [9.17, 15) is 4.21 Å². The molecule has 0 aliphatic carbocycles. The van der Waals surface area contributed by atoms with Gasteiger partial charge in [0.05, 0.1) is 4.90 Å². The van der Waals surface area contributed by atoms with Gasteiger partial charge in [-0.15, -0.1) is 0 Å². The predicted octanol–water partition coefficient (Wildman–Crippen LogP) is 3.10. The van der Waals surface area contributed by atoms with E-state index in [1.54, 1.807) is 12.1 Å². The third kappa shape index (κ3) is 3.16. The Hall–Kier alpha value is 0.290. The Morgan fingerprint density at radius 3 is 2.31 bits per heavy atom. The van der Waals surface area contributed by atoms with Crippen LogP contribution in [0.5, 0.6) is 0 Å². The highest BCUT2D eigenvalue weighted by molar-refractivity contribution is 9.12. The fraction of sp³-hybridized carbons (Fsp3) is 0.250. The van der Waals surface area contributed by atoms with Crippen molar-refractivity contribution in [2.75, 3.05) is 5.33 Å². The molecule has 0 bridgehead atoms. The molecule has 13 heavy (non-hydrogen) atoms. The van der Waals surface area contributed by atoms with E-state index in [-0.39, 0.29) is 4.83 Å². The summed E-state index contributed by atoms with van der Waals surface area (Å²) < 4.78 is 19.4. The standard InChI is InChI=1S/C8H8Br2O2S/c9-5-8(10)6-1-3-7(4-2-6)13(11)12/h1-4,8H,5H2,(H,11,12). The normalized spacial score (nSPS) is 15.3. The fourth-order valence-corrected chi connectivity index (χ4v) is 1.93. The van der Waals surface area contributed by atoms with Crippen LogP contribution in [0.2, 0.25) is 0 Å². The molecule has 0 saturated carbocycles. The van der Waals surface area contributed by atoms with Crippen LogP contribution in [0.1, 0.15) is 10.4 Å². The van der Waals surface area contributed by atoms with Gasteiger partial charge in [0, 0.05) is 10.2 Å². The lowest BCUT2D eigenvalue weighted by atomic mass is 10.2. The zero-order valence-corrected chi connectivity index (χ0v) is 10.6. The zero-order valence-electron chi connectivity index (χ0n) is 6.61. The van der Waals surface area contributed by atoms with Gasteiger partial charge in [-0.2, -0.15) is 0 Å². The van der Waals surface area contributed by atoms with Crippen molar-refractivity contribution in [3.8, 4) is 0 Å². The fourth-order valence-electron chi connectivity index (χ4n) is 0.882. The van der Waals surface area contributed by atoms with E-state index in [2.05, 4.69) is 31.9 Å². The van der Waals surface area contributed by atoms with Crippen molar-refractivity contribution < 1.29 is 8.76 Å². The van der Waals surface area contributed by atoms with Crippen LogP contribution < -0.4 is 0 Å². The predicted molar refractivity (Wildman–Crippen MR) is 60.9 cm³/mol. The quantitative estimate of drug-likeness (QED) is 0.684. The molecule has 0 heterocycles. The number of hydrogen-bond donors (Lipinski definition) is 1. The number of rotatable bonds is 3. The molecule has 1 aromatic rings. The molecule has 1 rings (SSSR count). The van der Waals surface area contributed by atoms with Crippen LogP contribution in [0.4, 0.5) is 0 Å². The molecule has 2 unspecified atom stereocenters. The molecule has 0 saturated heterocycles. The maximum absolute atomic E-state index is 10.6. The molecule has 2 atom stereocenters. The summed E-state index contributed by atoms with van der Waals surface area (Å²) >= 11 is 4.92. The molecule has 1 aromatic carbocycles. The second-order valence-electron chi connectivity index (χ2n) is 2.44. The van der Waals surface area contributed by atoms with Gasteiger partial charge in [-0.25, -0.2) is 4.21 Å². The van der Waals surface area contributed by atoms with Gasteiger partial charge < -0.3 is 4.55 Å². The Morgan fingerprint density at radius 2 is 1.92 bits per heavy atom. The molecule has 0 aliphatic rings. The summed E-state index contributed by atoms with van der Waals surface area (Å²) in [6.45, 7) is 0. The third-order valence-electron chi connectivity index (χ3n) is 1.58. The summed E-state index contributed by atoms with van der Waals surface area (Å²) in [6.07, 6.45) is 0. The van der Waals surface area contributed by atoms with E-state index in [0.29, 0.717) is 4.90 Å². The number of benzene rings is 1. The maximum atomic E-state index is 10.6. The summed E-state index contributed by atoms with van der Waals surface area (Å²) in [5, 5.41) is 0.814. The molecular formula is C8H8Br2O2S. The smallest absolute Gasteiger partial charge is 0.186 e. The minimum absolute atomic E-state index is 0.244. The highest BCUT2D eigenvalue weighted by atomic mass is 79.9. The largest absolute Gasteiger partial charge is 0.302 e. The van der Waals surface area contributed by atoms with Crippen molar-refractivity contribution in [1.82, 2.24) is 0 Å². The molecular weight excluding hydrogens is 320 g/mol. The van der Waals surface area contributed by atoms with Gasteiger partial charge in [0.25, 0.3) is 0 Å². The Bertz CT molecular complexity index is 300. The van der Waals surface area contributed by atoms with E-state index < -0.39 is 11.1 Å². The second-order valence-corrected chi connectivity index (χ2v) is 5.16. The lowest BCUT2D eigenvalue weighted by Crippen LogP contribution is -1.92. The van der Waals surface area contributed by atoms with Gasteiger partial charge in [-0.3, -0.25) is 0 Å². The van der Waals surface area contributed by atoms with Crippen molar-refractivity contribution in [3.05, 3.63) is 29.8 Å². The van der Waals surface area contributed by atoms with Crippen molar-refractivity contribution in [2.45, 2.75) is 9.72 Å². The number of hydrogen-bond acceptors (Lipinski definition) is 1. The van der Waals surface area contributed by atoms with E-state index in [1.165, 1.54) is 0 Å². The number of halogens is 2. The van der Waals surface area contributed by atoms with Crippen LogP contribution in [0.25, 0.3) is 0 Å². The average molecular weight is 328 g/mol. The van der Waals surface area contributed by atoms with Crippen molar-refractivity contribution in [2.24, 2.45) is 0 Å². The van der Waals surface area contributed by atoms with Crippen molar-refractivity contribution >= 4 is 42.9 Å². The lowest BCUT2D eigenvalue weighted by Gasteiger charge is -2.05. The van der Waals surface area contributed by atoms with Crippen LogP contribution in [-0.2, 0) is 11.1 Å². The van der Waals surface area contributed by atoms with Gasteiger partial charge in [0.2, 0.25) is 0 Å². The van der Waals surface area contributed by atoms with Crippen LogP contribution >= 0.6 is 31.9 Å². The third-order valence-corrected chi connectivity index (χ3v) is 4.62. The molecule has 0 fully saturated rings. The highest BCUT2D eigenvalue weighted by Crippen LogP contribution is 2.25. The molecule has 5 heteroatoms. The van der Waals surface area contributed by atoms with Crippen LogP contribution in [0.3, 0.4) is 0 Å². The Kier molecular flexibility index (Phi) is 4.58. The molecule has 0 amide bonds. The minimum Gasteiger partial charge on any atom is -0.302 e. The van der Waals surface area contributed by atoms with E-state index in [1.807, 2.05) is 12.1 Å². The summed E-state index contributed by atoms with van der Waals surface area (Å²) in [7, 11) is 0. The van der Waals surface area contributed by atoms with Crippen LogP contribution in [-0.4, -0.2) is 14.1 Å². The summed E-state index contributed by atoms with van der Waals surface area (Å²) in [5.41, 5.74) is 1.09. The first kappa shape index (κ1) is 11.4. The summed E-state index contributed by atoms with van der Waals surface area (Å²) in [4.78, 5) is 0.673. The SMILES string of the molecule is O=S(O)c1ccc(C(Br)CBr)cc1. The van der Waals surface area contributed by atoms with Gasteiger partial charge in [0.1, 0.15) is 0 Å². The first-order chi connectivity index (χ1) is 6.15. The Labute approximate surface area is 96.3 Å². The van der Waals surface area contributed by atoms with Gasteiger partial charge in [-0.1, -0.05) is 44.0 Å². The Balaban J connectivity index is 2.87.